The van der Waals surface area contributed by atoms with E-state index in [1.165, 1.54) is 32.4 Å². The van der Waals surface area contributed by atoms with Crippen molar-refractivity contribution in [2.24, 2.45) is 0 Å². The zero-order valence-corrected chi connectivity index (χ0v) is 29.9. The molecular weight excluding hydrogens is 611 g/mol. The zero-order chi connectivity index (χ0) is 27.4. The Bertz CT molecular complexity index is 1330. The van der Waals surface area contributed by atoms with Crippen LogP contribution >= 0.6 is 11.8 Å². The maximum Gasteiger partial charge on any atom is 3.00 e. The van der Waals surface area contributed by atoms with Crippen LogP contribution < -0.4 is 17.5 Å². The minimum Gasteiger partial charge on any atom is -1.00 e. The zero-order valence-electron chi connectivity index (χ0n) is 24.9. The first-order valence-corrected chi connectivity index (χ1v) is 16.6. The van der Waals surface area contributed by atoms with Gasteiger partial charge in [-0.3, -0.25) is 0 Å². The molecule has 0 saturated carbocycles. The number of thioether (sulfide) groups is 1. The van der Waals surface area contributed by atoms with Crippen LogP contribution in [0.3, 0.4) is 0 Å². The van der Waals surface area contributed by atoms with E-state index in [0.29, 0.717) is 5.25 Å². The van der Waals surface area contributed by atoms with Crippen molar-refractivity contribution in [3.63, 3.8) is 0 Å². The van der Waals surface area contributed by atoms with Crippen molar-refractivity contribution in [1.82, 2.24) is 0 Å². The molecule has 5 rings (SSSR count). The van der Waals surface area contributed by atoms with Gasteiger partial charge in [0.25, 0.3) is 0 Å². The maximum absolute atomic E-state index is 11.7. The molecule has 0 spiro atoms. The average molecular weight is 654 g/mol. The van der Waals surface area contributed by atoms with E-state index in [1.54, 1.807) is 6.07 Å². The molecule has 5 heteroatoms. The normalized spacial score (nSPS) is 15.4. The molecule has 2 aliphatic rings. The molecule has 205 valence electrons. The van der Waals surface area contributed by atoms with Gasteiger partial charge in [-0.05, 0) is 28.0 Å². The van der Waals surface area contributed by atoms with Crippen LogP contribution in [-0.2, 0) is 37.0 Å². The van der Waals surface area contributed by atoms with Gasteiger partial charge < -0.3 is 17.5 Å². The summed E-state index contributed by atoms with van der Waals surface area (Å²) >= 11 is 1.99. The summed E-state index contributed by atoms with van der Waals surface area (Å²) in [5.74, 6) is 0.149. The Hall–Kier alpha value is -1.32. The van der Waals surface area contributed by atoms with Crippen molar-refractivity contribution in [3.05, 3.63) is 106 Å². The summed E-state index contributed by atoms with van der Waals surface area (Å²) < 4.78 is 0. The summed E-state index contributed by atoms with van der Waals surface area (Å²) in [6.45, 7) is 19.5. The number of aryl methyl sites for hydroxylation is 1. The van der Waals surface area contributed by atoms with E-state index in [-0.39, 0.29) is 63.6 Å². The van der Waals surface area contributed by atoms with Crippen LogP contribution in [0.25, 0.3) is 10.8 Å². The second-order valence-electron chi connectivity index (χ2n) is 12.2. The monoisotopic (exact) mass is 651 g/mol. The molecule has 0 saturated heterocycles. The van der Waals surface area contributed by atoms with Crippen molar-refractivity contribution in [2.75, 3.05) is 0 Å². The molecule has 1 atom stereocenters. The molecular formula is C34H42ClOSSiZr. The molecule has 0 fully saturated rings. The Labute approximate surface area is 268 Å². The van der Waals surface area contributed by atoms with Gasteiger partial charge in [0.05, 0.1) is 0 Å². The number of fused-ring (bicyclic) bond motifs is 2. The molecule has 1 radical (unpaired) electrons. The Morgan fingerprint density at radius 1 is 0.949 bits per heavy atom. The topological polar surface area (TPSA) is 23.1 Å². The first kappa shape index (κ1) is 35.7. The Kier molecular flexibility index (Phi) is 13.8. The predicted octanol–water partition coefficient (Wildman–Crippen LogP) is 5.84. The fourth-order valence-corrected chi connectivity index (χ4v) is 7.10. The summed E-state index contributed by atoms with van der Waals surface area (Å²) in [6.07, 6.45) is 8.92. The number of hydrogen-bond donors (Lipinski definition) is 0. The second kappa shape index (κ2) is 15.1. The van der Waals surface area contributed by atoms with Crippen molar-refractivity contribution in [2.45, 2.75) is 77.6 Å². The van der Waals surface area contributed by atoms with Crippen molar-refractivity contribution in [1.29, 1.82) is 0 Å². The van der Waals surface area contributed by atoms with Gasteiger partial charge in [0, 0.05) is 18.6 Å². The van der Waals surface area contributed by atoms with Gasteiger partial charge in [-0.15, -0.1) is 58.1 Å². The fraction of sp³-hybridized carbons (Fsp3) is 0.353. The number of benzene rings is 2. The summed E-state index contributed by atoms with van der Waals surface area (Å²) in [4.78, 5) is 1.46. The molecule has 0 amide bonds. The smallest absolute Gasteiger partial charge is 1.00 e. The number of rotatable bonds is 1. The minimum atomic E-state index is -0.190. The van der Waals surface area contributed by atoms with E-state index in [1.807, 2.05) is 17.8 Å². The van der Waals surface area contributed by atoms with Gasteiger partial charge >= 0.3 is 26.2 Å². The van der Waals surface area contributed by atoms with Gasteiger partial charge in [-0.25, -0.2) is 0 Å². The van der Waals surface area contributed by atoms with Crippen molar-refractivity contribution < 1.29 is 43.7 Å². The third-order valence-electron chi connectivity index (χ3n) is 6.33. The maximum atomic E-state index is 11.7. The van der Waals surface area contributed by atoms with Crippen LogP contribution in [0.2, 0.25) is 13.1 Å². The molecule has 3 aromatic carbocycles. The van der Waals surface area contributed by atoms with Crippen molar-refractivity contribution >= 4 is 36.6 Å². The molecule has 39 heavy (non-hydrogen) atoms. The van der Waals surface area contributed by atoms with Gasteiger partial charge in [-0.1, -0.05) is 115 Å². The first-order chi connectivity index (χ1) is 17.2. The van der Waals surface area contributed by atoms with Crippen LogP contribution in [0.4, 0.5) is 0 Å². The number of halogens is 1. The molecule has 1 aliphatic heterocycles. The molecule has 3 aromatic rings. The summed E-state index contributed by atoms with van der Waals surface area (Å²) in [7, 11) is -0.190. The largest absolute Gasteiger partial charge is 3.00 e. The van der Waals surface area contributed by atoms with Gasteiger partial charge in [-0.2, -0.15) is 6.07 Å². The third-order valence-corrected chi connectivity index (χ3v) is 8.77. The molecule has 1 nitrogen and oxygen atoms in total. The second-order valence-corrected chi connectivity index (χ2v) is 15.9. The van der Waals surface area contributed by atoms with Crippen LogP contribution in [0.15, 0.2) is 89.4 Å². The standard InChI is InChI=1S/C14H22O.C10H12SSi.C10H9.ClH.Zr/c1-13(2,3)10-7-8-12(15)11(9-10)14(4,5)6;1-12(2)7-9-6-8-4-3-5-10(8)11-9;1-8-6-9-4-2-3-5-10(9)7-8;;/h7-9,15H,1-6H3;3-7,9H,1-2H3;2-7H,1H3;1H;/q;;-1;;+3/p-2. The van der Waals surface area contributed by atoms with E-state index >= 15 is 0 Å². The molecule has 1 heterocycles. The Morgan fingerprint density at radius 3 is 2.18 bits per heavy atom. The van der Waals surface area contributed by atoms with Gasteiger partial charge in [0.15, 0.2) is 0 Å². The minimum absolute atomic E-state index is 0. The third kappa shape index (κ3) is 10.5. The summed E-state index contributed by atoms with van der Waals surface area (Å²) in [5, 5.41) is 15.1. The molecule has 0 aromatic heterocycles. The number of allylic oxidation sites excluding steroid dienone is 4. The quantitative estimate of drug-likeness (QED) is 0.243. The first-order valence-electron chi connectivity index (χ1n) is 13.1. The van der Waals surface area contributed by atoms with E-state index in [9.17, 15) is 5.11 Å². The van der Waals surface area contributed by atoms with Crippen LogP contribution in [0.1, 0.15) is 58.2 Å². The van der Waals surface area contributed by atoms with E-state index in [4.69, 9.17) is 0 Å². The predicted molar refractivity (Wildman–Crippen MR) is 168 cm³/mol. The summed E-state index contributed by atoms with van der Waals surface area (Å²) in [5.41, 5.74) is 7.45. The van der Waals surface area contributed by atoms with Gasteiger partial charge in [0.1, 0.15) is 0 Å². The molecule has 1 unspecified atom stereocenters. The summed E-state index contributed by atoms with van der Waals surface area (Å²) in [6, 6.07) is 18.5. The van der Waals surface area contributed by atoms with Crippen LogP contribution in [-0.4, -0.2) is 19.3 Å². The Morgan fingerprint density at radius 2 is 1.62 bits per heavy atom. The number of hydrogen-bond acceptors (Lipinski definition) is 2. The SMILES string of the molecule is CC(C)(C)c1ccc([O-])c(C(C)(C)C)c1.C[Si](C)=CC1C=C2C=CC=C2S1.Cc1cc2ccccc2[cH-]1.[Cl-].[Zr+3]. The van der Waals surface area contributed by atoms with Crippen LogP contribution in [0.5, 0.6) is 5.75 Å². The van der Waals surface area contributed by atoms with Crippen LogP contribution in [0, 0.1) is 6.92 Å². The molecule has 1 aliphatic carbocycles. The van der Waals surface area contributed by atoms with E-state index in [0.717, 1.165) is 5.56 Å². The average Bonchev–Trinajstić information content (AvgIpc) is 3.46. The van der Waals surface area contributed by atoms with Gasteiger partial charge in [0.2, 0.25) is 0 Å². The Balaban J connectivity index is 0.000000290. The molecule has 0 N–H and O–H groups in total. The van der Waals surface area contributed by atoms with Crippen molar-refractivity contribution in [3.8, 4) is 5.75 Å². The fourth-order valence-electron chi connectivity index (χ4n) is 4.32. The molecule has 0 bridgehead atoms. The van der Waals surface area contributed by atoms with E-state index in [2.05, 4.69) is 134 Å². The van der Waals surface area contributed by atoms with E-state index < -0.39 is 0 Å².